The molecule has 0 aliphatic carbocycles. The predicted octanol–water partition coefficient (Wildman–Crippen LogP) is 2.54. The third kappa shape index (κ3) is 1.69. The van der Waals surface area contributed by atoms with Crippen LogP contribution in [0, 0.1) is 5.82 Å². The SMILES string of the molecule is Cn1cnc(C(=O)c2cc3cc(F)ccc3o2)c1. The van der Waals surface area contributed by atoms with Gasteiger partial charge >= 0.3 is 0 Å². The van der Waals surface area contributed by atoms with Crippen molar-refractivity contribution in [2.45, 2.75) is 0 Å². The maximum atomic E-state index is 13.0. The Balaban J connectivity index is 2.06. The highest BCUT2D eigenvalue weighted by Gasteiger charge is 2.16. The lowest BCUT2D eigenvalue weighted by Crippen LogP contribution is -1.99. The Morgan fingerprint density at radius 2 is 2.22 bits per heavy atom. The molecule has 0 spiro atoms. The molecule has 0 radical (unpaired) electrons. The summed E-state index contributed by atoms with van der Waals surface area (Å²) in [6, 6.07) is 5.64. The minimum Gasteiger partial charge on any atom is -0.453 e. The lowest BCUT2D eigenvalue weighted by atomic mass is 10.2. The van der Waals surface area contributed by atoms with E-state index in [9.17, 15) is 9.18 Å². The fraction of sp³-hybridized carbons (Fsp3) is 0.0769. The Bertz CT molecular complexity index is 742. The molecule has 0 aliphatic heterocycles. The molecular weight excluding hydrogens is 235 g/mol. The highest BCUT2D eigenvalue weighted by atomic mass is 19.1. The molecule has 1 aromatic carbocycles. The molecule has 0 atom stereocenters. The third-order valence-corrected chi connectivity index (χ3v) is 2.64. The summed E-state index contributed by atoms with van der Waals surface area (Å²) in [5.41, 5.74) is 0.785. The van der Waals surface area contributed by atoms with Crippen molar-refractivity contribution in [1.29, 1.82) is 0 Å². The molecule has 0 fully saturated rings. The Labute approximate surface area is 102 Å². The summed E-state index contributed by atoms with van der Waals surface area (Å²) >= 11 is 0. The van der Waals surface area contributed by atoms with Gasteiger partial charge in [-0.25, -0.2) is 9.37 Å². The molecule has 2 aromatic heterocycles. The average molecular weight is 244 g/mol. The summed E-state index contributed by atoms with van der Waals surface area (Å²) in [6.45, 7) is 0. The van der Waals surface area contributed by atoms with Gasteiger partial charge in [0.05, 0.1) is 6.33 Å². The first-order chi connectivity index (χ1) is 8.63. The van der Waals surface area contributed by atoms with Gasteiger partial charge in [-0.1, -0.05) is 0 Å². The first kappa shape index (κ1) is 10.7. The number of benzene rings is 1. The summed E-state index contributed by atoms with van der Waals surface area (Å²) in [6.07, 6.45) is 3.14. The van der Waals surface area contributed by atoms with E-state index in [-0.39, 0.29) is 17.4 Å². The summed E-state index contributed by atoms with van der Waals surface area (Å²) in [5.74, 6) is -0.512. The lowest BCUT2D eigenvalue weighted by Gasteiger charge is -1.90. The van der Waals surface area contributed by atoms with Crippen molar-refractivity contribution in [3.05, 3.63) is 54.1 Å². The van der Waals surface area contributed by atoms with E-state index in [1.165, 1.54) is 30.6 Å². The topological polar surface area (TPSA) is 48.0 Å². The van der Waals surface area contributed by atoms with Crippen LogP contribution in [0.25, 0.3) is 11.0 Å². The average Bonchev–Trinajstić information content (AvgIpc) is 2.93. The van der Waals surface area contributed by atoms with E-state index in [1.54, 1.807) is 17.8 Å². The largest absolute Gasteiger partial charge is 0.453 e. The number of halogens is 1. The van der Waals surface area contributed by atoms with Gasteiger partial charge in [-0.3, -0.25) is 4.79 Å². The fourth-order valence-corrected chi connectivity index (χ4v) is 1.78. The first-order valence-corrected chi connectivity index (χ1v) is 5.35. The van der Waals surface area contributed by atoms with E-state index in [4.69, 9.17) is 4.42 Å². The molecule has 18 heavy (non-hydrogen) atoms. The highest BCUT2D eigenvalue weighted by molar-refractivity contribution is 6.07. The minimum absolute atomic E-state index is 0.161. The molecule has 0 saturated carbocycles. The number of nitrogens with zero attached hydrogens (tertiary/aromatic N) is 2. The van der Waals surface area contributed by atoms with E-state index in [2.05, 4.69) is 4.98 Å². The number of hydrogen-bond acceptors (Lipinski definition) is 3. The summed E-state index contributed by atoms with van der Waals surface area (Å²) in [7, 11) is 1.78. The van der Waals surface area contributed by atoms with Crippen molar-refractivity contribution in [3.63, 3.8) is 0 Å². The van der Waals surface area contributed by atoms with Crippen LogP contribution in [0.2, 0.25) is 0 Å². The molecule has 3 aromatic rings. The van der Waals surface area contributed by atoms with Gasteiger partial charge in [0.25, 0.3) is 0 Å². The van der Waals surface area contributed by atoms with Gasteiger partial charge in [-0.05, 0) is 24.3 Å². The van der Waals surface area contributed by atoms with Gasteiger partial charge in [-0.2, -0.15) is 0 Å². The predicted molar refractivity (Wildman–Crippen MR) is 62.8 cm³/mol. The van der Waals surface area contributed by atoms with Gasteiger partial charge in [0.1, 0.15) is 17.1 Å². The zero-order chi connectivity index (χ0) is 12.7. The molecule has 0 aliphatic rings. The van der Waals surface area contributed by atoms with Crippen LogP contribution in [-0.2, 0) is 7.05 Å². The minimum atomic E-state index is -0.361. The molecule has 0 saturated heterocycles. The van der Waals surface area contributed by atoms with E-state index in [1.807, 2.05) is 0 Å². The van der Waals surface area contributed by atoms with Crippen LogP contribution in [0.1, 0.15) is 16.2 Å². The number of rotatable bonds is 2. The fourth-order valence-electron chi connectivity index (χ4n) is 1.78. The number of ketones is 1. The van der Waals surface area contributed by atoms with Crippen LogP contribution in [0.4, 0.5) is 4.39 Å². The van der Waals surface area contributed by atoms with Gasteiger partial charge in [0.15, 0.2) is 5.76 Å². The summed E-state index contributed by atoms with van der Waals surface area (Å²) in [5, 5.41) is 0.564. The number of aryl methyl sites for hydroxylation is 1. The number of fused-ring (bicyclic) bond motifs is 1. The van der Waals surface area contributed by atoms with Crippen molar-refractivity contribution in [3.8, 4) is 0 Å². The maximum Gasteiger partial charge on any atom is 0.248 e. The zero-order valence-corrected chi connectivity index (χ0v) is 9.55. The molecule has 0 bridgehead atoms. The van der Waals surface area contributed by atoms with E-state index < -0.39 is 0 Å². The van der Waals surface area contributed by atoms with Gasteiger partial charge < -0.3 is 8.98 Å². The van der Waals surface area contributed by atoms with Crippen molar-refractivity contribution in [1.82, 2.24) is 9.55 Å². The lowest BCUT2D eigenvalue weighted by molar-refractivity contribution is 0.101. The van der Waals surface area contributed by atoms with Gasteiger partial charge in [0.2, 0.25) is 5.78 Å². The second-order valence-electron chi connectivity index (χ2n) is 4.05. The quantitative estimate of drug-likeness (QED) is 0.651. The molecule has 3 rings (SSSR count). The number of carbonyl (C=O) groups is 1. The van der Waals surface area contributed by atoms with Crippen LogP contribution >= 0.6 is 0 Å². The second kappa shape index (κ2) is 3.80. The smallest absolute Gasteiger partial charge is 0.248 e. The standard InChI is InChI=1S/C13H9FN2O2/c1-16-6-10(15-7-16)13(17)12-5-8-4-9(14)2-3-11(8)18-12/h2-7H,1H3. The molecule has 0 unspecified atom stereocenters. The number of imidazole rings is 1. The van der Waals surface area contributed by atoms with Crippen molar-refractivity contribution in [2.75, 3.05) is 0 Å². The van der Waals surface area contributed by atoms with Crippen LogP contribution < -0.4 is 0 Å². The Morgan fingerprint density at radius 3 is 2.94 bits per heavy atom. The number of furan rings is 1. The number of carbonyl (C=O) groups excluding carboxylic acids is 1. The molecule has 2 heterocycles. The molecular formula is C13H9FN2O2. The molecule has 4 nitrogen and oxygen atoms in total. The third-order valence-electron chi connectivity index (χ3n) is 2.64. The molecule has 90 valence electrons. The van der Waals surface area contributed by atoms with Crippen LogP contribution in [0.15, 0.2) is 41.2 Å². The van der Waals surface area contributed by atoms with Crippen LogP contribution in [0.3, 0.4) is 0 Å². The second-order valence-corrected chi connectivity index (χ2v) is 4.05. The van der Waals surface area contributed by atoms with Crippen LogP contribution in [-0.4, -0.2) is 15.3 Å². The van der Waals surface area contributed by atoms with Crippen molar-refractivity contribution in [2.24, 2.45) is 7.05 Å². The number of aromatic nitrogens is 2. The molecule has 0 amide bonds. The normalized spacial score (nSPS) is 11.0. The Morgan fingerprint density at radius 1 is 1.39 bits per heavy atom. The first-order valence-electron chi connectivity index (χ1n) is 5.35. The highest BCUT2D eigenvalue weighted by Crippen LogP contribution is 2.21. The van der Waals surface area contributed by atoms with Gasteiger partial charge in [0, 0.05) is 18.6 Å². The maximum absolute atomic E-state index is 13.0. The molecule has 5 heteroatoms. The zero-order valence-electron chi connectivity index (χ0n) is 9.55. The van der Waals surface area contributed by atoms with E-state index in [0.717, 1.165) is 0 Å². The Hall–Kier alpha value is -2.43. The Kier molecular flexibility index (Phi) is 2.26. The summed E-state index contributed by atoms with van der Waals surface area (Å²) < 4.78 is 20.1. The van der Waals surface area contributed by atoms with Crippen molar-refractivity contribution >= 4 is 16.8 Å². The van der Waals surface area contributed by atoms with Crippen LogP contribution in [0.5, 0.6) is 0 Å². The van der Waals surface area contributed by atoms with Crippen molar-refractivity contribution < 1.29 is 13.6 Å². The monoisotopic (exact) mass is 244 g/mol. The van der Waals surface area contributed by atoms with Gasteiger partial charge in [-0.15, -0.1) is 0 Å². The molecule has 0 N–H and O–H groups in total. The van der Waals surface area contributed by atoms with E-state index >= 15 is 0 Å². The summed E-state index contributed by atoms with van der Waals surface area (Å²) in [4.78, 5) is 16.0. The van der Waals surface area contributed by atoms with E-state index in [0.29, 0.717) is 16.7 Å². The number of hydrogen-bond donors (Lipinski definition) is 0.